The molecule has 9 nitrogen and oxygen atoms in total. The molecule has 1 saturated heterocycles. The Morgan fingerprint density at radius 1 is 1.03 bits per heavy atom. The van der Waals surface area contributed by atoms with Gasteiger partial charge in [-0.05, 0) is 45.3 Å². The van der Waals surface area contributed by atoms with Gasteiger partial charge >= 0.3 is 12.3 Å². The third-order valence-electron chi connectivity index (χ3n) is 6.43. The first-order chi connectivity index (χ1) is 16.8. The summed E-state index contributed by atoms with van der Waals surface area (Å²) < 4.78 is 50.1. The van der Waals surface area contributed by atoms with Crippen molar-refractivity contribution in [1.29, 1.82) is 0 Å². The van der Waals surface area contributed by atoms with Crippen molar-refractivity contribution in [2.75, 3.05) is 37.6 Å². The molecule has 0 bridgehead atoms. The number of hydrogen-bond donors (Lipinski definition) is 1. The highest BCUT2D eigenvalue weighted by Gasteiger charge is 2.42. The Kier molecular flexibility index (Phi) is 9.61. The van der Waals surface area contributed by atoms with E-state index in [1.54, 1.807) is 30.6 Å². The second kappa shape index (κ2) is 11.5. The van der Waals surface area contributed by atoms with Crippen molar-refractivity contribution in [2.24, 2.45) is 0 Å². The summed E-state index contributed by atoms with van der Waals surface area (Å²) in [5.41, 5.74) is -1.54. The smallest absolute Gasteiger partial charge is 0.419 e. The minimum atomic E-state index is -4.50. The number of hydrogen-bond acceptors (Lipinski definition) is 7. The van der Waals surface area contributed by atoms with E-state index in [1.807, 2.05) is 0 Å². The van der Waals surface area contributed by atoms with Gasteiger partial charge in [-0.1, -0.05) is 20.8 Å². The quantitative estimate of drug-likeness (QED) is 0.504. The monoisotopic (exact) mass is 547 g/mol. The van der Waals surface area contributed by atoms with Gasteiger partial charge in [0.1, 0.15) is 11.7 Å². The van der Waals surface area contributed by atoms with Gasteiger partial charge < -0.3 is 24.3 Å². The Morgan fingerprint density at radius 3 is 2.03 bits per heavy atom. The number of nitrogens with zero attached hydrogens (tertiary/aromatic N) is 4. The number of piperazine rings is 1. The first-order valence-electron chi connectivity index (χ1n) is 12.4. The Morgan fingerprint density at radius 2 is 1.57 bits per heavy atom. The van der Waals surface area contributed by atoms with Gasteiger partial charge in [0.25, 0.3) is 5.91 Å². The SMILES string of the molecule is CC(C)(C)OC(=O)NCC[C@H](O[Si](C)(C)C(C)(C)C)C(=O)N1CCN(c2ncc(C(F)(F)F)cn2)CC1. The first-order valence-corrected chi connectivity index (χ1v) is 15.3. The third-order valence-corrected chi connectivity index (χ3v) is 10.9. The molecule has 210 valence electrons. The molecular formula is C24H40F3N5O4Si. The molecule has 37 heavy (non-hydrogen) atoms. The number of rotatable bonds is 7. The van der Waals surface area contributed by atoms with Gasteiger partial charge in [0.15, 0.2) is 8.32 Å². The fourth-order valence-corrected chi connectivity index (χ4v) is 4.63. The number of aromatic nitrogens is 2. The van der Waals surface area contributed by atoms with E-state index < -0.39 is 37.9 Å². The molecule has 0 radical (unpaired) electrons. The molecule has 2 amide bonds. The number of ether oxygens (including phenoxy) is 1. The normalized spacial score (nSPS) is 16.4. The van der Waals surface area contributed by atoms with Crippen LogP contribution in [-0.2, 0) is 20.1 Å². The van der Waals surface area contributed by atoms with Crippen LogP contribution in [0.15, 0.2) is 12.4 Å². The highest BCUT2D eigenvalue weighted by Crippen LogP contribution is 2.38. The van der Waals surface area contributed by atoms with Gasteiger partial charge in [-0.2, -0.15) is 13.2 Å². The van der Waals surface area contributed by atoms with Crippen LogP contribution in [0.5, 0.6) is 0 Å². The number of alkyl halides is 3. The predicted molar refractivity (Wildman–Crippen MR) is 137 cm³/mol. The third kappa shape index (κ3) is 9.13. The van der Waals surface area contributed by atoms with Gasteiger partial charge in [0, 0.05) is 45.1 Å². The Balaban J connectivity index is 2.05. The van der Waals surface area contributed by atoms with Crippen LogP contribution in [0.1, 0.15) is 53.5 Å². The van der Waals surface area contributed by atoms with Crippen molar-refractivity contribution in [1.82, 2.24) is 20.2 Å². The minimum Gasteiger partial charge on any atom is -0.444 e. The van der Waals surface area contributed by atoms with Crippen LogP contribution in [-0.4, -0.2) is 79.6 Å². The Bertz CT molecular complexity index is 922. The summed E-state index contributed by atoms with van der Waals surface area (Å²) in [6, 6.07) is 0. The Hall–Kier alpha value is -2.41. The van der Waals surface area contributed by atoms with Crippen LogP contribution in [0.3, 0.4) is 0 Å². The lowest BCUT2D eigenvalue weighted by Crippen LogP contribution is -2.55. The molecule has 1 aliphatic heterocycles. The van der Waals surface area contributed by atoms with Crippen molar-refractivity contribution in [3.63, 3.8) is 0 Å². The maximum absolute atomic E-state index is 13.5. The zero-order chi connectivity index (χ0) is 28.2. The summed E-state index contributed by atoms with van der Waals surface area (Å²) >= 11 is 0. The molecule has 1 aliphatic rings. The van der Waals surface area contributed by atoms with Crippen LogP contribution in [0.25, 0.3) is 0 Å². The maximum Gasteiger partial charge on any atom is 0.419 e. The lowest BCUT2D eigenvalue weighted by atomic mass is 10.2. The van der Waals surface area contributed by atoms with Crippen molar-refractivity contribution in [2.45, 2.75) is 84.0 Å². The van der Waals surface area contributed by atoms with Crippen molar-refractivity contribution < 1.29 is 31.9 Å². The lowest BCUT2D eigenvalue weighted by molar-refractivity contribution is -0.140. The average molecular weight is 548 g/mol. The zero-order valence-corrected chi connectivity index (χ0v) is 24.0. The predicted octanol–water partition coefficient (Wildman–Crippen LogP) is 4.45. The highest BCUT2D eigenvalue weighted by molar-refractivity contribution is 6.74. The highest BCUT2D eigenvalue weighted by atomic mass is 28.4. The van der Waals surface area contributed by atoms with E-state index in [-0.39, 0.29) is 29.9 Å². The number of carbonyl (C=O) groups is 2. The van der Waals surface area contributed by atoms with Gasteiger partial charge in [-0.15, -0.1) is 0 Å². The second-order valence-electron chi connectivity index (χ2n) is 11.7. The molecule has 1 atom stereocenters. The van der Waals surface area contributed by atoms with Gasteiger partial charge in [-0.3, -0.25) is 4.79 Å². The lowest BCUT2D eigenvalue weighted by Gasteiger charge is -2.41. The molecular weight excluding hydrogens is 507 g/mol. The number of alkyl carbamates (subject to hydrolysis) is 1. The van der Waals surface area contributed by atoms with Crippen LogP contribution in [0.4, 0.5) is 23.9 Å². The number of nitrogens with one attached hydrogen (secondary N) is 1. The van der Waals surface area contributed by atoms with E-state index >= 15 is 0 Å². The van der Waals surface area contributed by atoms with Crippen LogP contribution in [0, 0.1) is 0 Å². The van der Waals surface area contributed by atoms with Crippen LogP contribution >= 0.6 is 0 Å². The van der Waals surface area contributed by atoms with Gasteiger partial charge in [0.2, 0.25) is 5.95 Å². The van der Waals surface area contributed by atoms with E-state index in [9.17, 15) is 22.8 Å². The second-order valence-corrected chi connectivity index (χ2v) is 16.4. The molecule has 2 heterocycles. The van der Waals surface area contributed by atoms with Crippen molar-refractivity contribution >= 4 is 26.3 Å². The number of halogens is 3. The zero-order valence-electron chi connectivity index (χ0n) is 23.0. The molecule has 0 aromatic carbocycles. The molecule has 1 fully saturated rings. The number of anilines is 1. The van der Waals surface area contributed by atoms with E-state index in [2.05, 4.69) is 49.1 Å². The standard InChI is InChI=1S/C24H40F3N5O4Si/c1-22(2,3)35-21(34)28-10-9-18(36-37(7,8)23(4,5)6)19(33)31-11-13-32(14-12-31)20-29-15-17(16-30-20)24(25,26)27/h15-16,18H,9-14H2,1-8H3,(H,28,34)/t18-/m0/s1. The minimum absolute atomic E-state index is 0.122. The van der Waals surface area contributed by atoms with E-state index in [0.717, 1.165) is 12.4 Å². The van der Waals surface area contributed by atoms with E-state index in [1.165, 1.54) is 0 Å². The molecule has 2 rings (SSSR count). The maximum atomic E-state index is 13.5. The summed E-state index contributed by atoms with van der Waals surface area (Å²) in [5.74, 6) is 0.0135. The van der Waals surface area contributed by atoms with E-state index in [4.69, 9.17) is 9.16 Å². The molecule has 1 aromatic heterocycles. The van der Waals surface area contributed by atoms with Gasteiger partial charge in [-0.25, -0.2) is 14.8 Å². The number of carbonyl (C=O) groups excluding carboxylic acids is 2. The van der Waals surface area contributed by atoms with Crippen molar-refractivity contribution in [3.05, 3.63) is 18.0 Å². The Labute approximate surface area is 218 Å². The van der Waals surface area contributed by atoms with Crippen LogP contribution in [0.2, 0.25) is 18.1 Å². The number of amides is 2. The molecule has 1 N–H and O–H groups in total. The first kappa shape index (κ1) is 30.8. The van der Waals surface area contributed by atoms with E-state index in [0.29, 0.717) is 26.2 Å². The summed E-state index contributed by atoms with van der Waals surface area (Å²) in [6.45, 7) is 17.4. The summed E-state index contributed by atoms with van der Waals surface area (Å²) in [6.07, 6.45) is -3.99. The summed E-state index contributed by atoms with van der Waals surface area (Å²) in [4.78, 5) is 36.7. The molecule has 0 aliphatic carbocycles. The largest absolute Gasteiger partial charge is 0.444 e. The average Bonchev–Trinajstić information content (AvgIpc) is 2.75. The molecule has 0 unspecified atom stereocenters. The molecule has 0 saturated carbocycles. The van der Waals surface area contributed by atoms with Crippen molar-refractivity contribution in [3.8, 4) is 0 Å². The topological polar surface area (TPSA) is 96.9 Å². The van der Waals surface area contributed by atoms with Crippen LogP contribution < -0.4 is 10.2 Å². The molecule has 13 heteroatoms. The molecule has 0 spiro atoms. The van der Waals surface area contributed by atoms with Gasteiger partial charge in [0.05, 0.1) is 5.56 Å². The summed E-state index contributed by atoms with van der Waals surface area (Å²) in [5, 5.41) is 2.57. The molecule has 1 aromatic rings. The fraction of sp³-hybridized carbons (Fsp3) is 0.750. The summed E-state index contributed by atoms with van der Waals surface area (Å²) in [7, 11) is -2.31. The fourth-order valence-electron chi connectivity index (χ4n) is 3.35.